The van der Waals surface area contributed by atoms with Crippen molar-refractivity contribution >= 4 is 89.0 Å². The number of ether oxygens (including phenoxy) is 8. The fourth-order valence-electron chi connectivity index (χ4n) is 21.9. The van der Waals surface area contributed by atoms with E-state index in [9.17, 15) is 68.2 Å². The number of benzene rings is 3. The van der Waals surface area contributed by atoms with Crippen molar-refractivity contribution in [2.75, 3.05) is 25.6 Å². The second-order valence-corrected chi connectivity index (χ2v) is 49.1. The lowest BCUT2D eigenvalue weighted by Crippen LogP contribution is -2.63. The van der Waals surface area contributed by atoms with E-state index in [1.165, 1.54) is 78.9 Å². The minimum atomic E-state index is -4.41. The molecule has 14 aliphatic rings. The van der Waals surface area contributed by atoms with Crippen LogP contribution in [0.2, 0.25) is 0 Å². The molecular formula is C99H146O25S4. The van der Waals surface area contributed by atoms with Crippen LogP contribution in [0.4, 0.5) is 0 Å². The number of hydrogen-bond donors (Lipinski definition) is 0. The van der Waals surface area contributed by atoms with Crippen molar-refractivity contribution in [3.8, 4) is 0 Å². The topological polar surface area (TPSA) is 354 Å². The summed E-state index contributed by atoms with van der Waals surface area (Å²) in [5.74, 6) is 2.83. The van der Waals surface area contributed by atoms with Crippen LogP contribution in [-0.2, 0) is 126 Å². The number of carbonyl (C=O) groups excluding carboxylic acids is 8. The highest BCUT2D eigenvalue weighted by Crippen LogP contribution is 2.65. The van der Waals surface area contributed by atoms with Gasteiger partial charge in [0.1, 0.15) is 48.3 Å². The minimum Gasteiger partial charge on any atom is -0.748 e. The summed E-state index contributed by atoms with van der Waals surface area (Å²) in [6, 6.07) is 32.2. The lowest BCUT2D eigenvalue weighted by molar-refractivity contribution is -0.232. The fourth-order valence-corrected chi connectivity index (χ4v) is 28.0. The van der Waals surface area contributed by atoms with Crippen LogP contribution in [0.25, 0.3) is 0 Å². The molecule has 12 aliphatic carbocycles. The normalized spacial score (nSPS) is 30.7. The molecule has 716 valence electrons. The van der Waals surface area contributed by atoms with Gasteiger partial charge in [-0.25, -0.2) is 18.0 Å². The molecule has 0 amide bonds. The molecule has 11 atom stereocenters. The number of fused-ring (bicyclic) bond motifs is 2. The Bertz CT molecular complexity index is 4340. The largest absolute Gasteiger partial charge is 0.748 e. The van der Waals surface area contributed by atoms with Gasteiger partial charge in [-0.2, -0.15) is 16.8 Å². The Kier molecular flexibility index (Phi) is 34.0. The van der Waals surface area contributed by atoms with E-state index in [0.717, 1.165) is 36.5 Å². The molecule has 0 N–H and O–H groups in total. The van der Waals surface area contributed by atoms with Crippen LogP contribution in [0.1, 0.15) is 273 Å². The SMILES string of the molecule is CCC(C)(C)C(=O)OC1(C(C)C)C2CC3CC(C2)CC1C3.CCC(C)(C)C(=O)OC1(C(C)C)C2CC3CC(C2)CC1C3.CCC(C)(C)C(=O)OCC(=O)OC1C2CC3C1OS(=O)(=O)C3C2.CCC(C)(C)C(=O)OCC(=O)OC1C2CC3C1OS(=O)(=O)C3C2.CCC(CC(=O)OCCS(=O)(=O)[O-])OC(=O)C(C)(C)CC.c1ccc([S+](c2ccccc2)c2ccccc2)cc1. The number of hydrogen-bond acceptors (Lipinski definition) is 25. The second-order valence-electron chi connectivity index (χ2n) is 42.0. The predicted molar refractivity (Wildman–Crippen MR) is 483 cm³/mol. The molecule has 14 fully saturated rings. The van der Waals surface area contributed by atoms with Gasteiger partial charge in [0.05, 0.1) is 70.8 Å². The van der Waals surface area contributed by atoms with Gasteiger partial charge in [0, 0.05) is 23.7 Å². The molecule has 12 bridgehead atoms. The molecule has 2 saturated heterocycles. The fraction of sp³-hybridized carbons (Fsp3) is 0.737. The molecule has 3 aromatic carbocycles. The number of rotatable bonds is 30. The van der Waals surface area contributed by atoms with Crippen molar-refractivity contribution in [3.63, 3.8) is 0 Å². The third-order valence-corrected chi connectivity index (χ3v) is 37.5. The third kappa shape index (κ3) is 23.8. The van der Waals surface area contributed by atoms with Crippen molar-refractivity contribution in [3.05, 3.63) is 91.0 Å². The van der Waals surface area contributed by atoms with E-state index >= 15 is 0 Å². The molecule has 128 heavy (non-hydrogen) atoms. The maximum absolute atomic E-state index is 12.8. The molecule has 2 heterocycles. The summed E-state index contributed by atoms with van der Waals surface area (Å²) in [7, 11) is -11.5. The second kappa shape index (κ2) is 42.0. The van der Waals surface area contributed by atoms with Gasteiger partial charge < -0.3 is 42.4 Å². The van der Waals surface area contributed by atoms with Crippen LogP contribution in [0.3, 0.4) is 0 Å². The summed E-state index contributed by atoms with van der Waals surface area (Å²) in [5, 5.41) is -0.897. The van der Waals surface area contributed by atoms with Crippen LogP contribution in [0.15, 0.2) is 106 Å². The first-order chi connectivity index (χ1) is 59.9. The molecule has 2 aliphatic heterocycles. The first kappa shape index (κ1) is 104. The van der Waals surface area contributed by atoms with Crippen LogP contribution in [0.5, 0.6) is 0 Å². The number of esters is 8. The molecule has 11 unspecified atom stereocenters. The Labute approximate surface area is 765 Å². The van der Waals surface area contributed by atoms with E-state index in [2.05, 4.69) is 137 Å². The first-order valence-corrected chi connectivity index (χ1v) is 52.8. The molecule has 29 heteroatoms. The Morgan fingerprint density at radius 1 is 0.430 bits per heavy atom. The summed E-state index contributed by atoms with van der Waals surface area (Å²) in [4.78, 5) is 101. The van der Waals surface area contributed by atoms with Gasteiger partial charge in [-0.1, -0.05) is 124 Å². The van der Waals surface area contributed by atoms with Gasteiger partial charge in [0.15, 0.2) is 27.9 Å². The van der Waals surface area contributed by atoms with Crippen LogP contribution in [-0.4, -0.2) is 155 Å². The van der Waals surface area contributed by atoms with Crippen molar-refractivity contribution in [2.24, 2.45) is 110 Å². The summed E-state index contributed by atoms with van der Waals surface area (Å²) in [6.45, 7) is 37.8. The molecule has 0 radical (unpaired) electrons. The van der Waals surface area contributed by atoms with Crippen molar-refractivity contribution in [1.29, 1.82) is 0 Å². The average molecular weight is 1860 g/mol. The molecule has 12 saturated carbocycles. The maximum atomic E-state index is 12.8. The summed E-state index contributed by atoms with van der Waals surface area (Å²) >= 11 is 0. The molecular weight excluding hydrogens is 1720 g/mol. The van der Waals surface area contributed by atoms with E-state index in [1.54, 1.807) is 48.5 Å². The molecule has 0 spiro atoms. The monoisotopic (exact) mass is 1860 g/mol. The summed E-state index contributed by atoms with van der Waals surface area (Å²) in [6.07, 6.45) is 16.5. The van der Waals surface area contributed by atoms with E-state index < -0.39 is 149 Å². The van der Waals surface area contributed by atoms with Gasteiger partial charge in [-0.3, -0.25) is 37.1 Å². The summed E-state index contributed by atoms with van der Waals surface area (Å²) in [5.41, 5.74) is -2.97. The molecule has 25 nitrogen and oxygen atoms in total. The van der Waals surface area contributed by atoms with Gasteiger partial charge >= 0.3 is 47.8 Å². The zero-order chi connectivity index (χ0) is 94.4. The van der Waals surface area contributed by atoms with E-state index in [1.807, 2.05) is 48.5 Å². The van der Waals surface area contributed by atoms with Gasteiger partial charge in [0.2, 0.25) is 0 Å². The Morgan fingerprint density at radius 3 is 1.02 bits per heavy atom. The van der Waals surface area contributed by atoms with E-state index in [4.69, 9.17) is 41.5 Å². The van der Waals surface area contributed by atoms with Crippen molar-refractivity contribution in [1.82, 2.24) is 0 Å². The van der Waals surface area contributed by atoms with Crippen LogP contribution in [0, 0.1) is 110 Å². The van der Waals surface area contributed by atoms with Crippen molar-refractivity contribution in [2.45, 2.75) is 340 Å². The van der Waals surface area contributed by atoms with Crippen molar-refractivity contribution < 1.29 is 114 Å². The standard InChI is InChI=1S/2C19H32O2.C18H15S.2C15H22O7S.C13H24O7S/c2*1-6-18(4,5)17(20)21-19(12(2)3)15-8-13-7-14(10-15)11-16(19)9-13;1-4-10-16(11-5-1)19(17-12-6-2-7-13-17)18-14-8-3-9-15-18;2*1-4-15(2,3)14(17)20-7-11(16)21-12-8-5-9-10(6-8)23(18,19)22-13(9)12;1-5-10(20-12(15)13(3,4)6-2)9-11(14)19-7-8-21(16,17)18/h2*12-16H,6-11H2,1-5H3;1-15H;2*8-10,12-13H,4-7H2,1-3H3;10H,5-9H2,1-4H3,(H,16,17,18)/q;;+1;;;/p-1. The van der Waals surface area contributed by atoms with Crippen LogP contribution >= 0.6 is 0 Å². The lowest BCUT2D eigenvalue weighted by Gasteiger charge is -2.62. The highest BCUT2D eigenvalue weighted by atomic mass is 32.2. The van der Waals surface area contributed by atoms with Gasteiger partial charge in [-0.15, -0.1) is 0 Å². The van der Waals surface area contributed by atoms with Crippen LogP contribution < -0.4 is 0 Å². The predicted octanol–water partition coefficient (Wildman–Crippen LogP) is 17.7. The number of carbonyl (C=O) groups is 8. The molecule has 17 rings (SSSR count). The maximum Gasteiger partial charge on any atom is 0.344 e. The zero-order valence-electron chi connectivity index (χ0n) is 79.3. The quantitative estimate of drug-likeness (QED) is 0.0197. The molecule has 0 aromatic heterocycles. The Morgan fingerprint density at radius 2 is 0.734 bits per heavy atom. The zero-order valence-corrected chi connectivity index (χ0v) is 82.6. The first-order valence-electron chi connectivity index (χ1n) is 47.1. The van der Waals surface area contributed by atoms with Gasteiger partial charge in [-0.05, 0) is 293 Å². The van der Waals surface area contributed by atoms with E-state index in [0.29, 0.717) is 86.9 Å². The highest BCUT2D eigenvalue weighted by Gasteiger charge is 2.68. The summed E-state index contributed by atoms with van der Waals surface area (Å²) < 4.78 is 132. The van der Waals surface area contributed by atoms with E-state index in [-0.39, 0.29) is 75.0 Å². The highest BCUT2D eigenvalue weighted by molar-refractivity contribution is 7.97. The Balaban J connectivity index is 0.000000160. The molecule has 3 aromatic rings. The minimum absolute atomic E-state index is 0.0130. The van der Waals surface area contributed by atoms with Gasteiger partial charge in [0.25, 0.3) is 20.2 Å². The Hall–Kier alpha value is -6.50. The third-order valence-electron chi connectivity index (χ3n) is 31.0. The average Bonchev–Trinajstić information content (AvgIpc) is 1.59. The smallest absolute Gasteiger partial charge is 0.344 e. The lowest BCUT2D eigenvalue weighted by atomic mass is 9.47.